The van der Waals surface area contributed by atoms with E-state index in [4.69, 9.17) is 10.7 Å². The monoisotopic (exact) mass is 337 g/mol. The average molecular weight is 338 g/mol. The van der Waals surface area contributed by atoms with Gasteiger partial charge in [0, 0.05) is 43.9 Å². The first-order valence-corrected chi connectivity index (χ1v) is 9.56. The lowest BCUT2D eigenvalue weighted by Gasteiger charge is -2.31. The van der Waals surface area contributed by atoms with Crippen molar-refractivity contribution < 1.29 is 16.8 Å². The second kappa shape index (κ2) is 5.61. The summed E-state index contributed by atoms with van der Waals surface area (Å²) in [5.74, 6) is 0. The van der Waals surface area contributed by atoms with Gasteiger partial charge < -0.3 is 0 Å². The molecule has 1 aromatic carbocycles. The Balaban J connectivity index is 2.35. The van der Waals surface area contributed by atoms with Crippen LogP contribution in [0.25, 0.3) is 0 Å². The molecule has 1 saturated heterocycles. The second-order valence-corrected chi connectivity index (χ2v) is 8.94. The minimum atomic E-state index is -3.95. The predicted octanol–water partition coefficient (Wildman–Crippen LogP) is 0.712. The van der Waals surface area contributed by atoms with Crippen LogP contribution in [0.2, 0.25) is 0 Å². The quantitative estimate of drug-likeness (QED) is 0.759. The fraction of sp³-hybridized carbons (Fsp3) is 0.364. The van der Waals surface area contributed by atoms with Crippen molar-refractivity contribution in [3.63, 3.8) is 0 Å². The summed E-state index contributed by atoms with van der Waals surface area (Å²) in [6, 6.07) is 5.06. The second-order valence-electron chi connectivity index (χ2n) is 4.43. The van der Waals surface area contributed by atoms with E-state index < -0.39 is 19.1 Å². The summed E-state index contributed by atoms with van der Waals surface area (Å²) in [6.45, 7) is 1.72. The van der Waals surface area contributed by atoms with Gasteiger partial charge in [-0.15, -0.1) is 0 Å². The minimum absolute atomic E-state index is 0.0725. The van der Waals surface area contributed by atoms with Gasteiger partial charge in [-0.25, -0.2) is 16.8 Å². The van der Waals surface area contributed by atoms with Crippen LogP contribution in [0.1, 0.15) is 0 Å². The molecule has 0 saturated carbocycles. The van der Waals surface area contributed by atoms with E-state index in [2.05, 4.69) is 7.05 Å². The third-order valence-corrected chi connectivity index (χ3v) is 6.30. The number of benzene rings is 1. The lowest BCUT2D eigenvalue weighted by Crippen LogP contribution is -2.46. The molecule has 2 rings (SSSR count). The molecule has 1 aromatic rings. The zero-order valence-electron chi connectivity index (χ0n) is 10.6. The van der Waals surface area contributed by atoms with Crippen molar-refractivity contribution in [2.24, 2.45) is 0 Å². The Labute approximate surface area is 123 Å². The van der Waals surface area contributed by atoms with Crippen LogP contribution >= 0.6 is 10.7 Å². The standard InChI is InChI=1S/C11H14ClN2O4S2/c1-13-5-7-14(8-6-13)20(17,18)11-4-2-3-10(9-11)19(12,15)16/h2-4,9H,1,5-8H2. The Morgan fingerprint density at radius 1 is 1.00 bits per heavy atom. The SMILES string of the molecule is [CH2]N1CCN(S(=O)(=O)c2cccc(S(=O)(=O)Cl)c2)CC1. The number of nitrogens with zero attached hydrogens (tertiary/aromatic N) is 2. The molecule has 0 atom stereocenters. The van der Waals surface area contributed by atoms with Gasteiger partial charge in [-0.1, -0.05) is 6.07 Å². The first-order chi connectivity index (χ1) is 9.21. The fourth-order valence-corrected chi connectivity index (χ4v) is 4.25. The fourth-order valence-electron chi connectivity index (χ4n) is 1.91. The highest BCUT2D eigenvalue weighted by Crippen LogP contribution is 2.22. The van der Waals surface area contributed by atoms with Crippen LogP contribution in [0.15, 0.2) is 34.1 Å². The molecule has 9 heteroatoms. The number of sulfonamides is 1. The van der Waals surface area contributed by atoms with E-state index in [1.54, 1.807) is 4.90 Å². The molecule has 1 heterocycles. The van der Waals surface area contributed by atoms with E-state index >= 15 is 0 Å². The highest BCUT2D eigenvalue weighted by molar-refractivity contribution is 8.13. The third kappa shape index (κ3) is 3.32. The first-order valence-electron chi connectivity index (χ1n) is 5.81. The van der Waals surface area contributed by atoms with Crippen LogP contribution in [0.5, 0.6) is 0 Å². The zero-order valence-corrected chi connectivity index (χ0v) is 13.0. The van der Waals surface area contributed by atoms with Crippen LogP contribution < -0.4 is 0 Å². The summed E-state index contributed by atoms with van der Waals surface area (Å²) < 4.78 is 48.7. The Morgan fingerprint density at radius 3 is 2.10 bits per heavy atom. The van der Waals surface area contributed by atoms with Crippen molar-refractivity contribution in [2.45, 2.75) is 9.79 Å². The van der Waals surface area contributed by atoms with E-state index in [9.17, 15) is 16.8 Å². The molecule has 0 unspecified atom stereocenters. The number of piperazine rings is 1. The zero-order chi connectivity index (χ0) is 15.0. The molecular weight excluding hydrogens is 324 g/mol. The van der Waals surface area contributed by atoms with Crippen molar-refractivity contribution in [3.05, 3.63) is 31.3 Å². The van der Waals surface area contributed by atoms with Gasteiger partial charge in [0.05, 0.1) is 9.79 Å². The Hall–Kier alpha value is -0.670. The normalized spacial score (nSPS) is 19.1. The molecule has 0 aliphatic carbocycles. The van der Waals surface area contributed by atoms with Crippen LogP contribution in [0.4, 0.5) is 0 Å². The van der Waals surface area contributed by atoms with E-state index in [0.717, 1.165) is 6.07 Å². The molecule has 0 aromatic heterocycles. The Morgan fingerprint density at radius 2 is 1.55 bits per heavy atom. The Kier molecular flexibility index (Phi) is 4.41. The average Bonchev–Trinajstić information content (AvgIpc) is 2.38. The van der Waals surface area contributed by atoms with E-state index in [1.807, 2.05) is 0 Å². The van der Waals surface area contributed by atoms with Crippen LogP contribution in [0, 0.1) is 7.05 Å². The maximum absolute atomic E-state index is 12.4. The molecule has 111 valence electrons. The van der Waals surface area contributed by atoms with E-state index in [0.29, 0.717) is 26.2 Å². The highest BCUT2D eigenvalue weighted by Gasteiger charge is 2.28. The molecule has 1 aliphatic heterocycles. The van der Waals surface area contributed by atoms with Crippen molar-refractivity contribution in [3.8, 4) is 0 Å². The molecule has 0 amide bonds. The highest BCUT2D eigenvalue weighted by atomic mass is 35.7. The smallest absolute Gasteiger partial charge is 0.261 e. The largest absolute Gasteiger partial charge is 0.299 e. The molecule has 20 heavy (non-hydrogen) atoms. The summed E-state index contributed by atoms with van der Waals surface area (Å²) in [7, 11) is 1.32. The van der Waals surface area contributed by atoms with Gasteiger partial charge >= 0.3 is 0 Å². The molecule has 1 fully saturated rings. The van der Waals surface area contributed by atoms with Gasteiger partial charge in [0.15, 0.2) is 0 Å². The summed E-state index contributed by atoms with van der Waals surface area (Å²) in [5, 5.41) is 0. The lowest BCUT2D eigenvalue weighted by atomic mass is 10.4. The molecule has 1 radical (unpaired) electrons. The number of hydrogen-bond donors (Lipinski definition) is 0. The van der Waals surface area contributed by atoms with Crippen molar-refractivity contribution in [2.75, 3.05) is 26.2 Å². The van der Waals surface area contributed by atoms with Crippen molar-refractivity contribution >= 4 is 29.8 Å². The number of hydrogen-bond acceptors (Lipinski definition) is 5. The topological polar surface area (TPSA) is 74.8 Å². The van der Waals surface area contributed by atoms with Gasteiger partial charge in [-0.05, 0) is 18.2 Å². The van der Waals surface area contributed by atoms with Gasteiger partial charge in [0.2, 0.25) is 10.0 Å². The van der Waals surface area contributed by atoms with E-state index in [1.165, 1.54) is 22.5 Å². The predicted molar refractivity (Wildman–Crippen MR) is 75.2 cm³/mol. The lowest BCUT2D eigenvalue weighted by molar-refractivity contribution is 0.241. The van der Waals surface area contributed by atoms with Crippen LogP contribution in [0.3, 0.4) is 0 Å². The minimum Gasteiger partial charge on any atom is -0.299 e. The van der Waals surface area contributed by atoms with Gasteiger partial charge in [-0.2, -0.15) is 4.31 Å². The number of rotatable bonds is 3. The summed E-state index contributed by atoms with van der Waals surface area (Å²) in [6.07, 6.45) is 0. The van der Waals surface area contributed by atoms with Crippen LogP contribution in [-0.4, -0.2) is 52.2 Å². The van der Waals surface area contributed by atoms with Gasteiger partial charge in [-0.3, -0.25) is 4.90 Å². The van der Waals surface area contributed by atoms with E-state index in [-0.39, 0.29) is 9.79 Å². The first kappa shape index (κ1) is 15.7. The molecular formula is C11H14ClN2O4S2. The summed E-state index contributed by atoms with van der Waals surface area (Å²) >= 11 is 0. The van der Waals surface area contributed by atoms with Gasteiger partial charge in [0.25, 0.3) is 9.05 Å². The third-order valence-electron chi connectivity index (χ3n) is 3.06. The summed E-state index contributed by atoms with van der Waals surface area (Å²) in [5.41, 5.74) is 0. The molecule has 6 nitrogen and oxygen atoms in total. The molecule has 0 N–H and O–H groups in total. The number of halogens is 1. The van der Waals surface area contributed by atoms with Gasteiger partial charge in [0.1, 0.15) is 0 Å². The molecule has 0 bridgehead atoms. The van der Waals surface area contributed by atoms with Crippen molar-refractivity contribution in [1.82, 2.24) is 9.21 Å². The molecule has 1 aliphatic rings. The maximum atomic E-state index is 12.4. The van der Waals surface area contributed by atoms with Crippen molar-refractivity contribution in [1.29, 1.82) is 0 Å². The summed E-state index contributed by atoms with van der Waals surface area (Å²) in [4.78, 5) is 1.49. The molecule has 0 spiro atoms. The van der Waals surface area contributed by atoms with Crippen LogP contribution in [-0.2, 0) is 19.1 Å². The Bertz CT molecular complexity index is 695. The maximum Gasteiger partial charge on any atom is 0.261 e.